The zero-order chi connectivity index (χ0) is 15.5. The normalized spacial score (nSPS) is 11.1. The third-order valence-corrected chi connectivity index (χ3v) is 3.39. The summed E-state index contributed by atoms with van der Waals surface area (Å²) in [4.78, 5) is 24.9. The Morgan fingerprint density at radius 1 is 1.35 bits per heavy atom. The van der Waals surface area contributed by atoms with Crippen molar-refractivity contribution in [2.45, 2.75) is 20.3 Å². The van der Waals surface area contributed by atoms with Gasteiger partial charge in [0.15, 0.2) is 0 Å². The lowest BCUT2D eigenvalue weighted by atomic mass is 9.89. The van der Waals surface area contributed by atoms with Gasteiger partial charge in [0.2, 0.25) is 5.91 Å². The number of amides is 1. The molecule has 0 radical (unpaired) electrons. The van der Waals surface area contributed by atoms with Gasteiger partial charge in [0.1, 0.15) is 0 Å². The number of aliphatic carboxylic acids is 1. The van der Waals surface area contributed by atoms with Crippen LogP contribution in [-0.4, -0.2) is 31.1 Å². The van der Waals surface area contributed by atoms with Gasteiger partial charge in [-0.2, -0.15) is 0 Å². The number of anilines is 2. The van der Waals surface area contributed by atoms with Gasteiger partial charge >= 0.3 is 5.97 Å². The van der Waals surface area contributed by atoms with Gasteiger partial charge in [0.25, 0.3) is 0 Å². The highest BCUT2D eigenvalue weighted by molar-refractivity contribution is 9.10. The van der Waals surface area contributed by atoms with Gasteiger partial charge in [-0.05, 0) is 32.0 Å². The second-order valence-electron chi connectivity index (χ2n) is 5.47. The molecule has 2 N–H and O–H groups in total. The molecule has 5 nitrogen and oxygen atoms in total. The van der Waals surface area contributed by atoms with Gasteiger partial charge in [-0.25, -0.2) is 0 Å². The number of nitrogens with zero attached hydrogens (tertiary/aromatic N) is 1. The van der Waals surface area contributed by atoms with E-state index in [9.17, 15) is 9.59 Å². The van der Waals surface area contributed by atoms with E-state index in [4.69, 9.17) is 5.11 Å². The Kier molecular flexibility index (Phi) is 5.16. The number of benzene rings is 1. The number of carboxylic acids is 1. The van der Waals surface area contributed by atoms with E-state index in [0.29, 0.717) is 5.69 Å². The number of hydrogen-bond acceptors (Lipinski definition) is 3. The maximum atomic E-state index is 12.0. The Labute approximate surface area is 127 Å². The van der Waals surface area contributed by atoms with Crippen molar-refractivity contribution in [1.82, 2.24) is 0 Å². The van der Waals surface area contributed by atoms with Gasteiger partial charge < -0.3 is 15.3 Å². The molecule has 110 valence electrons. The Hall–Kier alpha value is -1.56. The van der Waals surface area contributed by atoms with Crippen LogP contribution in [0.1, 0.15) is 20.3 Å². The number of carbonyl (C=O) groups is 2. The van der Waals surface area contributed by atoms with Gasteiger partial charge in [-0.1, -0.05) is 15.9 Å². The van der Waals surface area contributed by atoms with Gasteiger partial charge in [-0.3, -0.25) is 9.59 Å². The highest BCUT2D eigenvalue weighted by Gasteiger charge is 2.30. The second-order valence-corrected chi connectivity index (χ2v) is 6.39. The maximum absolute atomic E-state index is 12.0. The van der Waals surface area contributed by atoms with E-state index in [1.54, 1.807) is 6.07 Å². The van der Waals surface area contributed by atoms with Crippen LogP contribution in [0.3, 0.4) is 0 Å². The molecule has 6 heteroatoms. The fraction of sp³-hybridized carbons (Fsp3) is 0.429. The minimum atomic E-state index is -1.09. The molecule has 1 amide bonds. The standard InChI is InChI=1S/C14H19BrN2O3/c1-14(2,13(19)20)8-12(18)16-10-7-9(15)5-6-11(10)17(3)4/h5-7H,8H2,1-4H3,(H,16,18)(H,19,20). The summed E-state index contributed by atoms with van der Waals surface area (Å²) in [5.74, 6) is -1.31. The molecule has 0 saturated heterocycles. The molecular weight excluding hydrogens is 324 g/mol. The van der Waals surface area contributed by atoms with Crippen LogP contribution in [0.5, 0.6) is 0 Å². The van der Waals surface area contributed by atoms with Crippen LogP contribution in [-0.2, 0) is 9.59 Å². The van der Waals surface area contributed by atoms with Crippen LogP contribution in [0, 0.1) is 5.41 Å². The number of carbonyl (C=O) groups excluding carboxylic acids is 1. The topological polar surface area (TPSA) is 69.6 Å². The lowest BCUT2D eigenvalue weighted by Crippen LogP contribution is -2.30. The fourth-order valence-electron chi connectivity index (χ4n) is 1.67. The average molecular weight is 343 g/mol. The number of carboxylic acid groups (broad SMARTS) is 1. The molecule has 0 bridgehead atoms. The summed E-state index contributed by atoms with van der Waals surface area (Å²) in [6.07, 6.45) is -0.0816. The minimum Gasteiger partial charge on any atom is -0.481 e. The summed E-state index contributed by atoms with van der Waals surface area (Å²) in [6.45, 7) is 3.06. The SMILES string of the molecule is CN(C)c1ccc(Br)cc1NC(=O)CC(C)(C)C(=O)O. The first-order chi connectivity index (χ1) is 9.13. The van der Waals surface area contributed by atoms with Crippen molar-refractivity contribution in [2.75, 3.05) is 24.3 Å². The highest BCUT2D eigenvalue weighted by atomic mass is 79.9. The molecule has 0 spiro atoms. The van der Waals surface area contributed by atoms with Crippen LogP contribution in [0.25, 0.3) is 0 Å². The first-order valence-electron chi connectivity index (χ1n) is 6.13. The molecule has 0 atom stereocenters. The van der Waals surface area contributed by atoms with Crippen LogP contribution >= 0.6 is 15.9 Å². The Morgan fingerprint density at radius 2 is 1.95 bits per heavy atom. The van der Waals surface area contributed by atoms with E-state index in [1.807, 2.05) is 31.1 Å². The van der Waals surface area contributed by atoms with E-state index in [2.05, 4.69) is 21.2 Å². The third kappa shape index (κ3) is 4.23. The summed E-state index contributed by atoms with van der Waals surface area (Å²) >= 11 is 3.36. The predicted molar refractivity (Wildman–Crippen MR) is 83.1 cm³/mol. The molecule has 0 aliphatic heterocycles. The van der Waals surface area contributed by atoms with Crippen molar-refractivity contribution in [2.24, 2.45) is 5.41 Å². The van der Waals surface area contributed by atoms with Crippen molar-refractivity contribution in [3.63, 3.8) is 0 Å². The maximum Gasteiger partial charge on any atom is 0.309 e. The van der Waals surface area contributed by atoms with Crippen molar-refractivity contribution in [1.29, 1.82) is 0 Å². The summed E-state index contributed by atoms with van der Waals surface area (Å²) in [5.41, 5.74) is 0.416. The zero-order valence-electron chi connectivity index (χ0n) is 12.0. The molecule has 0 fully saturated rings. The summed E-state index contributed by atoms with van der Waals surface area (Å²) in [5, 5.41) is 11.8. The first-order valence-corrected chi connectivity index (χ1v) is 6.93. The van der Waals surface area contributed by atoms with Crippen LogP contribution in [0.15, 0.2) is 22.7 Å². The van der Waals surface area contributed by atoms with Crippen LogP contribution in [0.4, 0.5) is 11.4 Å². The van der Waals surface area contributed by atoms with Crippen LogP contribution < -0.4 is 10.2 Å². The van der Waals surface area contributed by atoms with E-state index < -0.39 is 11.4 Å². The second kappa shape index (κ2) is 6.26. The van der Waals surface area contributed by atoms with Crippen molar-refractivity contribution < 1.29 is 14.7 Å². The first kappa shape index (κ1) is 16.5. The zero-order valence-corrected chi connectivity index (χ0v) is 13.6. The molecule has 1 aromatic rings. The average Bonchev–Trinajstić information content (AvgIpc) is 2.27. The minimum absolute atomic E-state index is 0.0816. The summed E-state index contributed by atoms with van der Waals surface area (Å²) < 4.78 is 0.843. The van der Waals surface area contributed by atoms with Crippen molar-refractivity contribution in [3.05, 3.63) is 22.7 Å². The van der Waals surface area contributed by atoms with E-state index in [1.165, 1.54) is 13.8 Å². The molecule has 20 heavy (non-hydrogen) atoms. The molecule has 0 unspecified atom stereocenters. The smallest absolute Gasteiger partial charge is 0.309 e. The van der Waals surface area contributed by atoms with E-state index in [0.717, 1.165) is 10.2 Å². The lowest BCUT2D eigenvalue weighted by Gasteiger charge is -2.21. The van der Waals surface area contributed by atoms with Crippen LogP contribution in [0.2, 0.25) is 0 Å². The third-order valence-electron chi connectivity index (χ3n) is 2.90. The molecule has 0 aliphatic rings. The van der Waals surface area contributed by atoms with Crippen molar-refractivity contribution >= 4 is 39.2 Å². The molecule has 0 aromatic heterocycles. The largest absolute Gasteiger partial charge is 0.481 e. The van der Waals surface area contributed by atoms with Crippen molar-refractivity contribution in [3.8, 4) is 0 Å². The molecular formula is C14H19BrN2O3. The number of hydrogen-bond donors (Lipinski definition) is 2. The van der Waals surface area contributed by atoms with Gasteiger partial charge in [0, 0.05) is 25.0 Å². The summed E-state index contributed by atoms with van der Waals surface area (Å²) in [7, 11) is 3.75. The Balaban J connectivity index is 2.91. The molecule has 1 aromatic carbocycles. The quantitative estimate of drug-likeness (QED) is 0.862. The molecule has 0 saturated carbocycles. The van der Waals surface area contributed by atoms with E-state index >= 15 is 0 Å². The fourth-order valence-corrected chi connectivity index (χ4v) is 2.03. The molecule has 1 rings (SSSR count). The Morgan fingerprint density at radius 3 is 2.45 bits per heavy atom. The number of rotatable bonds is 5. The monoisotopic (exact) mass is 342 g/mol. The van der Waals surface area contributed by atoms with Gasteiger partial charge in [-0.15, -0.1) is 0 Å². The van der Waals surface area contributed by atoms with E-state index in [-0.39, 0.29) is 12.3 Å². The predicted octanol–water partition coefficient (Wildman–Crippen LogP) is 2.95. The highest BCUT2D eigenvalue weighted by Crippen LogP contribution is 2.29. The van der Waals surface area contributed by atoms with Gasteiger partial charge in [0.05, 0.1) is 16.8 Å². The molecule has 0 aliphatic carbocycles. The molecule has 0 heterocycles. The lowest BCUT2D eigenvalue weighted by molar-refractivity contribution is -0.148. The number of nitrogens with one attached hydrogen (secondary N) is 1. The Bertz CT molecular complexity index is 527. The number of halogens is 1. The summed E-state index contributed by atoms with van der Waals surface area (Å²) in [6, 6.07) is 5.55.